The van der Waals surface area contributed by atoms with E-state index in [1.807, 2.05) is 13.1 Å². The summed E-state index contributed by atoms with van der Waals surface area (Å²) >= 11 is 7.61. The summed E-state index contributed by atoms with van der Waals surface area (Å²) in [6.07, 6.45) is 1.83. The van der Waals surface area contributed by atoms with Gasteiger partial charge in [0.1, 0.15) is 0 Å². The maximum absolute atomic E-state index is 5.85. The molecule has 5 heteroatoms. The van der Waals surface area contributed by atoms with E-state index in [2.05, 4.69) is 46.2 Å². The van der Waals surface area contributed by atoms with Gasteiger partial charge in [-0.05, 0) is 32.2 Å². The zero-order valence-electron chi connectivity index (χ0n) is 11.4. The first-order valence-electron chi connectivity index (χ1n) is 6.29. The summed E-state index contributed by atoms with van der Waals surface area (Å²) in [7, 11) is 0. The predicted octanol–water partition coefficient (Wildman–Crippen LogP) is 4.00. The average molecular weight is 296 g/mol. The van der Waals surface area contributed by atoms with Crippen molar-refractivity contribution in [2.24, 2.45) is 0 Å². The van der Waals surface area contributed by atoms with Crippen molar-refractivity contribution < 1.29 is 0 Å². The third kappa shape index (κ3) is 3.45. The Labute approximate surface area is 123 Å². The van der Waals surface area contributed by atoms with Crippen LogP contribution in [0, 0.1) is 6.92 Å². The van der Waals surface area contributed by atoms with Crippen LogP contribution in [0.5, 0.6) is 0 Å². The average Bonchev–Trinajstić information content (AvgIpc) is 2.88. The van der Waals surface area contributed by atoms with Gasteiger partial charge in [-0.2, -0.15) is 0 Å². The van der Waals surface area contributed by atoms with Gasteiger partial charge < -0.3 is 4.90 Å². The third-order valence-corrected chi connectivity index (χ3v) is 4.15. The number of aromatic nitrogens is 2. The van der Waals surface area contributed by atoms with Crippen molar-refractivity contribution in [1.29, 1.82) is 0 Å². The molecule has 0 aliphatic heterocycles. The topological polar surface area (TPSA) is 29.0 Å². The highest BCUT2D eigenvalue weighted by atomic mass is 35.5. The summed E-state index contributed by atoms with van der Waals surface area (Å²) in [5, 5.41) is 2.09. The van der Waals surface area contributed by atoms with Gasteiger partial charge in [0.05, 0.1) is 12.4 Å². The molecule has 0 aliphatic carbocycles. The lowest BCUT2D eigenvalue weighted by Crippen LogP contribution is -2.31. The van der Waals surface area contributed by atoms with E-state index < -0.39 is 0 Å². The standard InChI is InChI=1S/C14H18ClN3S/c1-10(2)18(9-13-5-4-6-19-13)14-16-8-12(7-15)11(3)17-14/h4-6,8,10H,7,9H2,1-3H3. The first kappa shape index (κ1) is 14.3. The van der Waals surface area contributed by atoms with Crippen molar-refractivity contribution in [3.05, 3.63) is 39.8 Å². The van der Waals surface area contributed by atoms with Gasteiger partial charge in [-0.25, -0.2) is 9.97 Å². The van der Waals surface area contributed by atoms with Crippen molar-refractivity contribution >= 4 is 28.9 Å². The van der Waals surface area contributed by atoms with Gasteiger partial charge in [0, 0.05) is 28.4 Å². The van der Waals surface area contributed by atoms with Gasteiger partial charge in [-0.15, -0.1) is 22.9 Å². The highest BCUT2D eigenvalue weighted by Gasteiger charge is 2.15. The maximum Gasteiger partial charge on any atom is 0.226 e. The second-order valence-electron chi connectivity index (χ2n) is 4.72. The summed E-state index contributed by atoms with van der Waals surface area (Å²) in [5.74, 6) is 1.23. The van der Waals surface area contributed by atoms with E-state index in [1.165, 1.54) is 4.88 Å². The van der Waals surface area contributed by atoms with Crippen LogP contribution in [-0.2, 0) is 12.4 Å². The van der Waals surface area contributed by atoms with E-state index in [1.54, 1.807) is 11.3 Å². The number of halogens is 1. The minimum Gasteiger partial charge on any atom is -0.333 e. The second-order valence-corrected chi connectivity index (χ2v) is 6.01. The molecule has 0 aromatic carbocycles. The molecule has 0 bridgehead atoms. The Kier molecular flexibility index (Phi) is 4.77. The molecule has 2 heterocycles. The number of hydrogen-bond acceptors (Lipinski definition) is 4. The van der Waals surface area contributed by atoms with Crippen LogP contribution >= 0.6 is 22.9 Å². The van der Waals surface area contributed by atoms with E-state index in [0.29, 0.717) is 11.9 Å². The minimum absolute atomic E-state index is 0.350. The summed E-state index contributed by atoms with van der Waals surface area (Å²) in [6, 6.07) is 4.56. The monoisotopic (exact) mass is 295 g/mol. The molecule has 0 amide bonds. The Balaban J connectivity index is 2.26. The van der Waals surface area contributed by atoms with E-state index in [9.17, 15) is 0 Å². The number of anilines is 1. The van der Waals surface area contributed by atoms with Gasteiger partial charge in [-0.1, -0.05) is 6.07 Å². The summed E-state index contributed by atoms with van der Waals surface area (Å²) in [4.78, 5) is 12.5. The fourth-order valence-electron chi connectivity index (χ4n) is 1.80. The lowest BCUT2D eigenvalue weighted by Gasteiger charge is -2.26. The zero-order chi connectivity index (χ0) is 13.8. The van der Waals surface area contributed by atoms with Crippen LogP contribution in [-0.4, -0.2) is 16.0 Å². The van der Waals surface area contributed by atoms with E-state index in [-0.39, 0.29) is 0 Å². The molecule has 19 heavy (non-hydrogen) atoms. The Morgan fingerprint density at radius 3 is 2.74 bits per heavy atom. The minimum atomic E-state index is 0.350. The SMILES string of the molecule is Cc1nc(N(Cc2cccs2)C(C)C)ncc1CCl. The van der Waals surface area contributed by atoms with Crippen LogP contribution < -0.4 is 4.90 Å². The Hall–Kier alpha value is -1.13. The summed E-state index contributed by atoms with van der Waals surface area (Å²) in [5.41, 5.74) is 1.95. The number of rotatable bonds is 5. The Morgan fingerprint density at radius 1 is 1.42 bits per heavy atom. The molecule has 0 saturated heterocycles. The molecule has 0 spiro atoms. The molecule has 0 fully saturated rings. The first-order valence-corrected chi connectivity index (χ1v) is 7.70. The van der Waals surface area contributed by atoms with Gasteiger partial charge in [0.15, 0.2) is 0 Å². The van der Waals surface area contributed by atoms with Crippen LogP contribution in [0.3, 0.4) is 0 Å². The molecule has 3 nitrogen and oxygen atoms in total. The maximum atomic E-state index is 5.85. The third-order valence-electron chi connectivity index (χ3n) is 3.00. The molecule has 0 aliphatic rings. The smallest absolute Gasteiger partial charge is 0.226 e. The van der Waals surface area contributed by atoms with Crippen LogP contribution in [0.4, 0.5) is 5.95 Å². The quantitative estimate of drug-likeness (QED) is 0.781. The highest BCUT2D eigenvalue weighted by Crippen LogP contribution is 2.20. The normalized spacial score (nSPS) is 11.0. The Bertz CT molecular complexity index is 525. The lowest BCUT2D eigenvalue weighted by molar-refractivity contribution is 0.662. The number of hydrogen-bond donors (Lipinski definition) is 0. The molecular formula is C14H18ClN3S. The van der Waals surface area contributed by atoms with E-state index in [0.717, 1.165) is 23.8 Å². The largest absolute Gasteiger partial charge is 0.333 e. The number of alkyl halides is 1. The molecule has 2 rings (SSSR count). The fraction of sp³-hybridized carbons (Fsp3) is 0.429. The first-order chi connectivity index (χ1) is 9.11. The van der Waals surface area contributed by atoms with Crippen molar-refractivity contribution in [2.45, 2.75) is 39.2 Å². The molecule has 102 valence electrons. The summed E-state index contributed by atoms with van der Waals surface area (Å²) < 4.78 is 0. The van der Waals surface area contributed by atoms with Crippen LogP contribution in [0.2, 0.25) is 0 Å². The highest BCUT2D eigenvalue weighted by molar-refractivity contribution is 7.09. The molecule has 2 aromatic heterocycles. The van der Waals surface area contributed by atoms with Gasteiger partial charge in [0.25, 0.3) is 0 Å². The fourth-order valence-corrected chi connectivity index (χ4v) is 2.77. The lowest BCUT2D eigenvalue weighted by atomic mass is 10.2. The van der Waals surface area contributed by atoms with Crippen molar-refractivity contribution in [3.63, 3.8) is 0 Å². The molecule has 0 saturated carbocycles. The van der Waals surface area contributed by atoms with E-state index >= 15 is 0 Å². The zero-order valence-corrected chi connectivity index (χ0v) is 13.0. The van der Waals surface area contributed by atoms with Crippen molar-refractivity contribution in [3.8, 4) is 0 Å². The molecule has 0 radical (unpaired) electrons. The molecule has 0 N–H and O–H groups in total. The summed E-state index contributed by atoms with van der Waals surface area (Å²) in [6.45, 7) is 7.13. The molecule has 0 atom stereocenters. The van der Waals surface area contributed by atoms with Crippen molar-refractivity contribution in [2.75, 3.05) is 4.90 Å². The van der Waals surface area contributed by atoms with Crippen molar-refractivity contribution in [1.82, 2.24) is 9.97 Å². The van der Waals surface area contributed by atoms with Gasteiger partial charge in [-0.3, -0.25) is 0 Å². The van der Waals surface area contributed by atoms with E-state index in [4.69, 9.17) is 11.6 Å². The van der Waals surface area contributed by atoms with Gasteiger partial charge in [0.2, 0.25) is 5.95 Å². The van der Waals surface area contributed by atoms with Gasteiger partial charge >= 0.3 is 0 Å². The molecule has 0 unspecified atom stereocenters. The second kappa shape index (κ2) is 6.35. The predicted molar refractivity (Wildman–Crippen MR) is 82.0 cm³/mol. The number of nitrogens with zero attached hydrogens (tertiary/aromatic N) is 3. The number of aryl methyl sites for hydroxylation is 1. The Morgan fingerprint density at radius 2 is 2.21 bits per heavy atom. The molecular weight excluding hydrogens is 278 g/mol. The molecule has 2 aromatic rings. The van der Waals surface area contributed by atoms with Crippen LogP contribution in [0.25, 0.3) is 0 Å². The number of thiophene rings is 1. The van der Waals surface area contributed by atoms with Crippen LogP contribution in [0.1, 0.15) is 30.0 Å². The van der Waals surface area contributed by atoms with Crippen LogP contribution in [0.15, 0.2) is 23.7 Å².